The number of nitrogens with zero attached hydrogens (tertiary/aromatic N) is 4. The Hall–Kier alpha value is -2.91. The molecule has 5 nitrogen and oxygen atoms in total. The molecule has 1 aliphatic heterocycles. The lowest BCUT2D eigenvalue weighted by molar-refractivity contribution is 0.0655. The molecule has 0 unspecified atom stereocenters. The number of nitriles is 1. The number of thiophene rings is 1. The van der Waals surface area contributed by atoms with Crippen molar-refractivity contribution in [2.75, 3.05) is 24.5 Å². The van der Waals surface area contributed by atoms with E-state index in [9.17, 15) is 10.1 Å². The third kappa shape index (κ3) is 4.15. The van der Waals surface area contributed by atoms with Crippen molar-refractivity contribution in [3.63, 3.8) is 0 Å². The van der Waals surface area contributed by atoms with E-state index in [2.05, 4.69) is 53.8 Å². The van der Waals surface area contributed by atoms with Gasteiger partial charge in [-0.1, -0.05) is 24.6 Å². The smallest absolute Gasteiger partial charge is 0.264 e. The highest BCUT2D eigenvalue weighted by Crippen LogP contribution is 2.34. The van der Waals surface area contributed by atoms with E-state index in [0.29, 0.717) is 5.56 Å². The number of hydrogen-bond donors (Lipinski definition) is 0. The second kappa shape index (κ2) is 9.07. The van der Waals surface area contributed by atoms with Crippen molar-refractivity contribution in [1.82, 2.24) is 9.88 Å². The largest absolute Gasteiger partial charge is 0.370 e. The highest BCUT2D eigenvalue weighted by atomic mass is 32.1. The molecule has 1 fully saturated rings. The van der Waals surface area contributed by atoms with Crippen LogP contribution in [0.15, 0.2) is 35.8 Å². The van der Waals surface area contributed by atoms with E-state index in [1.54, 1.807) is 6.20 Å². The molecule has 0 bridgehead atoms. The molecule has 0 radical (unpaired) electrons. The SMILES string of the molecule is CCCN(C(=O)c1cccs1)C1CCN(c2c(C#N)cnc3c(C)cc(C)cc23)CC1. The maximum Gasteiger partial charge on any atom is 0.264 e. The number of rotatable bonds is 5. The normalized spacial score (nSPS) is 14.6. The minimum atomic E-state index is 0.147. The number of aryl methyl sites for hydroxylation is 2. The summed E-state index contributed by atoms with van der Waals surface area (Å²) in [4.78, 5) is 22.8. The molecule has 31 heavy (non-hydrogen) atoms. The fourth-order valence-electron chi connectivity index (χ4n) is 4.70. The van der Waals surface area contributed by atoms with E-state index >= 15 is 0 Å². The Bertz CT molecular complexity index is 1120. The van der Waals surface area contributed by atoms with Crippen molar-refractivity contribution < 1.29 is 4.79 Å². The molecule has 6 heteroatoms. The molecule has 1 aliphatic rings. The van der Waals surface area contributed by atoms with Crippen molar-refractivity contribution in [2.24, 2.45) is 0 Å². The monoisotopic (exact) mass is 432 g/mol. The third-order valence-corrected chi connectivity index (χ3v) is 6.93. The van der Waals surface area contributed by atoms with Gasteiger partial charge in [0.2, 0.25) is 0 Å². The first-order chi connectivity index (χ1) is 15.0. The van der Waals surface area contributed by atoms with Gasteiger partial charge in [-0.3, -0.25) is 9.78 Å². The van der Waals surface area contributed by atoms with Gasteiger partial charge in [0, 0.05) is 37.3 Å². The van der Waals surface area contributed by atoms with Gasteiger partial charge < -0.3 is 9.80 Å². The van der Waals surface area contributed by atoms with Crippen LogP contribution in [0.4, 0.5) is 5.69 Å². The molecule has 1 aromatic carbocycles. The number of carbonyl (C=O) groups is 1. The summed E-state index contributed by atoms with van der Waals surface area (Å²) < 4.78 is 0. The Morgan fingerprint density at radius 1 is 1.32 bits per heavy atom. The summed E-state index contributed by atoms with van der Waals surface area (Å²) in [7, 11) is 0. The van der Waals surface area contributed by atoms with Gasteiger partial charge in [-0.05, 0) is 56.2 Å². The Morgan fingerprint density at radius 2 is 2.10 bits per heavy atom. The molecule has 0 spiro atoms. The van der Waals surface area contributed by atoms with Crippen LogP contribution in [0.2, 0.25) is 0 Å². The fourth-order valence-corrected chi connectivity index (χ4v) is 5.38. The third-order valence-electron chi connectivity index (χ3n) is 6.08. The van der Waals surface area contributed by atoms with Crippen LogP contribution in [-0.2, 0) is 0 Å². The molecule has 3 aromatic rings. The standard InChI is InChI=1S/C25H28N4OS/c1-4-9-29(25(30)22-6-5-12-31-22)20-7-10-28(11-8-20)24-19(15-26)16-27-23-18(3)13-17(2)14-21(23)24/h5-6,12-14,16,20H,4,7-11H2,1-3H3. The molecule has 0 N–H and O–H groups in total. The van der Waals surface area contributed by atoms with Crippen LogP contribution in [0.3, 0.4) is 0 Å². The van der Waals surface area contributed by atoms with Gasteiger partial charge in [-0.15, -0.1) is 11.3 Å². The van der Waals surface area contributed by atoms with Crippen LogP contribution in [0.5, 0.6) is 0 Å². The number of anilines is 1. The second-order valence-corrected chi connectivity index (χ2v) is 9.25. The van der Waals surface area contributed by atoms with Gasteiger partial charge >= 0.3 is 0 Å². The number of amides is 1. The first-order valence-electron chi connectivity index (χ1n) is 10.9. The minimum absolute atomic E-state index is 0.147. The molecule has 4 rings (SSSR count). The van der Waals surface area contributed by atoms with Crippen molar-refractivity contribution >= 4 is 33.8 Å². The van der Waals surface area contributed by atoms with Gasteiger partial charge in [0.25, 0.3) is 5.91 Å². The summed E-state index contributed by atoms with van der Waals surface area (Å²) in [6.07, 6.45) is 4.45. The van der Waals surface area contributed by atoms with Crippen LogP contribution >= 0.6 is 11.3 Å². The van der Waals surface area contributed by atoms with E-state index in [0.717, 1.165) is 65.9 Å². The van der Waals surface area contributed by atoms with E-state index in [4.69, 9.17) is 0 Å². The van der Waals surface area contributed by atoms with Crippen molar-refractivity contribution in [3.05, 3.63) is 57.4 Å². The van der Waals surface area contributed by atoms with Gasteiger partial charge in [0.15, 0.2) is 0 Å². The van der Waals surface area contributed by atoms with Gasteiger partial charge in [0.05, 0.1) is 21.6 Å². The summed E-state index contributed by atoms with van der Waals surface area (Å²) in [5, 5.41) is 12.8. The first kappa shape index (κ1) is 21.3. The predicted molar refractivity (Wildman–Crippen MR) is 127 cm³/mol. The van der Waals surface area contributed by atoms with E-state index in [1.807, 2.05) is 17.5 Å². The summed E-state index contributed by atoms with van der Waals surface area (Å²) >= 11 is 1.51. The van der Waals surface area contributed by atoms with Crippen molar-refractivity contribution in [3.8, 4) is 6.07 Å². The van der Waals surface area contributed by atoms with E-state index in [1.165, 1.54) is 16.9 Å². The Balaban J connectivity index is 1.61. The number of hydrogen-bond acceptors (Lipinski definition) is 5. The van der Waals surface area contributed by atoms with Gasteiger partial charge in [0.1, 0.15) is 6.07 Å². The number of carbonyl (C=O) groups excluding carboxylic acids is 1. The fraction of sp³-hybridized carbons (Fsp3) is 0.400. The topological polar surface area (TPSA) is 60.2 Å². The molecule has 1 saturated heterocycles. The lowest BCUT2D eigenvalue weighted by atomic mass is 9.98. The van der Waals surface area contributed by atoms with Crippen LogP contribution in [0, 0.1) is 25.2 Å². The van der Waals surface area contributed by atoms with Crippen molar-refractivity contribution in [1.29, 1.82) is 5.26 Å². The van der Waals surface area contributed by atoms with Crippen molar-refractivity contribution in [2.45, 2.75) is 46.1 Å². The number of pyridine rings is 1. The summed E-state index contributed by atoms with van der Waals surface area (Å²) in [6, 6.07) is 10.7. The molecule has 0 atom stereocenters. The van der Waals surface area contributed by atoms with Gasteiger partial charge in [-0.25, -0.2) is 0 Å². The number of piperidine rings is 1. The number of benzene rings is 1. The molecule has 2 aromatic heterocycles. The molecule has 1 amide bonds. The Morgan fingerprint density at radius 3 is 2.74 bits per heavy atom. The van der Waals surface area contributed by atoms with Crippen LogP contribution in [-0.4, -0.2) is 41.5 Å². The maximum atomic E-state index is 13.1. The first-order valence-corrected chi connectivity index (χ1v) is 11.8. The molecular weight excluding hydrogens is 404 g/mol. The summed E-state index contributed by atoms with van der Waals surface area (Å²) in [6.45, 7) is 8.70. The van der Waals surface area contributed by atoms with Gasteiger partial charge in [-0.2, -0.15) is 5.26 Å². The summed E-state index contributed by atoms with van der Waals surface area (Å²) in [5.74, 6) is 0.147. The molecule has 160 valence electrons. The quantitative estimate of drug-likeness (QED) is 0.548. The predicted octanol–water partition coefficient (Wildman–Crippen LogP) is 5.31. The average Bonchev–Trinajstić information content (AvgIpc) is 3.31. The lowest BCUT2D eigenvalue weighted by Gasteiger charge is -2.40. The van der Waals surface area contributed by atoms with Crippen LogP contribution in [0.25, 0.3) is 10.9 Å². The van der Waals surface area contributed by atoms with Crippen LogP contribution < -0.4 is 4.90 Å². The second-order valence-electron chi connectivity index (χ2n) is 8.30. The van der Waals surface area contributed by atoms with E-state index in [-0.39, 0.29) is 11.9 Å². The maximum absolute atomic E-state index is 13.1. The Kier molecular flexibility index (Phi) is 6.24. The molecular formula is C25H28N4OS. The Labute approximate surface area is 187 Å². The zero-order chi connectivity index (χ0) is 22.0. The van der Waals surface area contributed by atoms with E-state index < -0.39 is 0 Å². The van der Waals surface area contributed by atoms with Crippen LogP contribution in [0.1, 0.15) is 52.5 Å². The molecule has 0 aliphatic carbocycles. The highest BCUT2D eigenvalue weighted by molar-refractivity contribution is 7.12. The zero-order valence-electron chi connectivity index (χ0n) is 18.4. The molecule has 3 heterocycles. The highest BCUT2D eigenvalue weighted by Gasteiger charge is 2.30. The number of fused-ring (bicyclic) bond motifs is 1. The number of aromatic nitrogens is 1. The summed E-state index contributed by atoms with van der Waals surface area (Å²) in [5.41, 5.74) is 4.88. The minimum Gasteiger partial charge on any atom is -0.370 e. The zero-order valence-corrected chi connectivity index (χ0v) is 19.2. The average molecular weight is 433 g/mol. The lowest BCUT2D eigenvalue weighted by Crippen LogP contribution is -2.47. The molecule has 0 saturated carbocycles.